The molecule has 0 saturated carbocycles. The Balaban J connectivity index is 2.76. The third kappa shape index (κ3) is 1.11. The molecule has 1 atom stereocenters. The number of hydrogen-bond donors (Lipinski definition) is 1. The topological polar surface area (TPSA) is 24.9 Å². The van der Waals surface area contributed by atoms with Crippen LogP contribution in [-0.2, 0) is 0 Å². The van der Waals surface area contributed by atoms with E-state index in [-0.39, 0.29) is 0 Å². The van der Waals surface area contributed by atoms with E-state index in [4.69, 9.17) is 0 Å². The van der Waals surface area contributed by atoms with E-state index >= 15 is 0 Å². The van der Waals surface area contributed by atoms with Crippen molar-refractivity contribution >= 4 is 25.9 Å². The molecule has 0 aliphatic rings. The normalized spacial score (nSPS) is 8.71. The lowest BCUT2D eigenvalue weighted by atomic mass is 11.0. The minimum atomic E-state index is 0.935. The van der Waals surface area contributed by atoms with E-state index in [1.165, 1.54) is 0 Å². The molecule has 1 aromatic heterocycles. The van der Waals surface area contributed by atoms with E-state index < -0.39 is 0 Å². The zero-order chi connectivity index (χ0) is 5.11. The monoisotopic (exact) mass is 132 g/mol. The van der Waals surface area contributed by atoms with Gasteiger partial charge in [-0.05, 0) is 9.39 Å². The number of aromatic nitrogens is 1. The number of nitrogens with one attached hydrogen (secondary N) is 1. The molecule has 0 saturated heterocycles. The summed E-state index contributed by atoms with van der Waals surface area (Å²) >= 11 is 1.58. The lowest BCUT2D eigenvalue weighted by Crippen LogP contribution is -1.71. The van der Waals surface area contributed by atoms with Crippen molar-refractivity contribution in [2.75, 3.05) is 5.09 Å². The van der Waals surface area contributed by atoms with Gasteiger partial charge in [0.25, 0.3) is 0 Å². The molecule has 0 amide bonds. The summed E-state index contributed by atoms with van der Waals surface area (Å²) in [7, 11) is 2.38. The first kappa shape index (κ1) is 5.01. The van der Waals surface area contributed by atoms with E-state index in [1.807, 2.05) is 5.38 Å². The number of hydrogen-bond acceptors (Lipinski definition) is 3. The molecule has 0 spiro atoms. The molecule has 1 unspecified atom stereocenters. The Morgan fingerprint density at radius 1 is 1.86 bits per heavy atom. The second-order valence-electron chi connectivity index (χ2n) is 0.982. The van der Waals surface area contributed by atoms with Gasteiger partial charge in [-0.25, -0.2) is 4.98 Å². The fraction of sp³-hybridized carbons (Fsp3) is 0. The van der Waals surface area contributed by atoms with Crippen LogP contribution in [-0.4, -0.2) is 4.98 Å². The maximum atomic E-state index is 3.92. The van der Waals surface area contributed by atoms with Gasteiger partial charge in [-0.1, -0.05) is 0 Å². The second kappa shape index (κ2) is 2.24. The highest BCUT2D eigenvalue weighted by molar-refractivity contribution is 7.22. The van der Waals surface area contributed by atoms with Crippen LogP contribution < -0.4 is 5.09 Å². The molecule has 1 aromatic rings. The predicted octanol–water partition coefficient (Wildman–Crippen LogP) is 1.35. The molecule has 0 aromatic carbocycles. The van der Waals surface area contributed by atoms with Crippen molar-refractivity contribution in [1.29, 1.82) is 0 Å². The molecule has 2 nitrogen and oxygen atoms in total. The van der Waals surface area contributed by atoms with Gasteiger partial charge in [0.2, 0.25) is 0 Å². The fourth-order valence-electron chi connectivity index (χ4n) is 0.295. The van der Waals surface area contributed by atoms with Crippen LogP contribution in [0.3, 0.4) is 0 Å². The summed E-state index contributed by atoms with van der Waals surface area (Å²) in [4.78, 5) is 3.92. The predicted molar refractivity (Wildman–Crippen MR) is 35.4 cm³/mol. The van der Waals surface area contributed by atoms with Gasteiger partial charge in [0.05, 0.1) is 0 Å². The van der Waals surface area contributed by atoms with Crippen molar-refractivity contribution in [3.05, 3.63) is 11.6 Å². The Kier molecular flexibility index (Phi) is 1.60. The first-order chi connectivity index (χ1) is 3.43. The van der Waals surface area contributed by atoms with Crippen LogP contribution in [0.4, 0.5) is 5.13 Å². The van der Waals surface area contributed by atoms with Gasteiger partial charge in [-0.3, -0.25) is 0 Å². The van der Waals surface area contributed by atoms with Gasteiger partial charge in [0.15, 0.2) is 5.13 Å². The van der Waals surface area contributed by atoms with Gasteiger partial charge in [-0.2, -0.15) is 0 Å². The maximum Gasteiger partial charge on any atom is 0.185 e. The third-order valence-corrected chi connectivity index (χ3v) is 1.74. The molecule has 0 aliphatic carbocycles. The van der Waals surface area contributed by atoms with Crippen LogP contribution in [0.2, 0.25) is 0 Å². The molecule has 1 N–H and O–H groups in total. The average molecular weight is 132 g/mol. The van der Waals surface area contributed by atoms with Gasteiger partial charge in [-0.15, -0.1) is 11.3 Å². The van der Waals surface area contributed by atoms with Crippen LogP contribution in [0, 0.1) is 0 Å². The zero-order valence-electron chi connectivity index (χ0n) is 3.59. The smallest absolute Gasteiger partial charge is 0.185 e. The van der Waals surface area contributed by atoms with Crippen LogP contribution >= 0.6 is 20.7 Å². The SMILES string of the molecule is PNc1nccs1. The minimum absolute atomic E-state index is 0.935. The fourth-order valence-corrected chi connectivity index (χ4v) is 1.01. The molecular weight excluding hydrogens is 127 g/mol. The lowest BCUT2D eigenvalue weighted by Gasteiger charge is -1.83. The quantitative estimate of drug-likeness (QED) is 0.583. The van der Waals surface area contributed by atoms with E-state index in [2.05, 4.69) is 19.5 Å². The van der Waals surface area contributed by atoms with Crippen molar-refractivity contribution in [1.82, 2.24) is 4.98 Å². The number of anilines is 1. The Morgan fingerprint density at radius 3 is 3.00 bits per heavy atom. The molecule has 7 heavy (non-hydrogen) atoms. The lowest BCUT2D eigenvalue weighted by molar-refractivity contribution is 1.43. The minimum Gasteiger partial charge on any atom is -0.346 e. The van der Waals surface area contributed by atoms with Gasteiger partial charge >= 0.3 is 0 Å². The summed E-state index contributed by atoms with van der Waals surface area (Å²) in [5, 5.41) is 5.69. The van der Waals surface area contributed by atoms with Crippen molar-refractivity contribution in [3.8, 4) is 0 Å². The van der Waals surface area contributed by atoms with Crippen LogP contribution in [0.15, 0.2) is 11.6 Å². The summed E-state index contributed by atoms with van der Waals surface area (Å²) in [5.41, 5.74) is 0. The highest BCUT2D eigenvalue weighted by Gasteiger charge is 1.82. The van der Waals surface area contributed by atoms with Crippen LogP contribution in [0.25, 0.3) is 0 Å². The highest BCUT2D eigenvalue weighted by Crippen LogP contribution is 2.10. The molecule has 0 radical (unpaired) electrons. The number of thiazole rings is 1. The summed E-state index contributed by atoms with van der Waals surface area (Å²) in [6, 6.07) is 0. The summed E-state index contributed by atoms with van der Waals surface area (Å²) < 4.78 is 0. The van der Waals surface area contributed by atoms with E-state index in [0.717, 1.165) is 5.13 Å². The largest absolute Gasteiger partial charge is 0.346 e. The van der Waals surface area contributed by atoms with Crippen molar-refractivity contribution in [2.24, 2.45) is 0 Å². The highest BCUT2D eigenvalue weighted by atomic mass is 32.1. The second-order valence-corrected chi connectivity index (χ2v) is 2.16. The van der Waals surface area contributed by atoms with Gasteiger partial charge in [0.1, 0.15) is 0 Å². The molecule has 0 fully saturated rings. The molecule has 1 rings (SSSR count). The molecule has 4 heteroatoms. The molecular formula is C3H5N2PS. The van der Waals surface area contributed by atoms with E-state index in [0.29, 0.717) is 0 Å². The average Bonchev–Trinajstić information content (AvgIpc) is 2.14. The zero-order valence-corrected chi connectivity index (χ0v) is 5.56. The van der Waals surface area contributed by atoms with E-state index in [1.54, 1.807) is 17.5 Å². The third-order valence-electron chi connectivity index (χ3n) is 0.556. The Labute approximate surface area is 48.2 Å². The van der Waals surface area contributed by atoms with Gasteiger partial charge < -0.3 is 5.09 Å². The Bertz CT molecular complexity index is 127. The number of rotatable bonds is 1. The van der Waals surface area contributed by atoms with Crippen molar-refractivity contribution in [2.45, 2.75) is 0 Å². The Hall–Kier alpha value is -0.140. The van der Waals surface area contributed by atoms with Crippen molar-refractivity contribution < 1.29 is 0 Å². The summed E-state index contributed by atoms with van der Waals surface area (Å²) in [5.74, 6) is 0. The Morgan fingerprint density at radius 2 is 2.71 bits per heavy atom. The standard InChI is InChI=1S/C3H5N2PS/c6-5-3-4-1-2-7-3/h1-2H,6H2,(H,4,5). The summed E-state index contributed by atoms with van der Waals surface area (Å²) in [6.07, 6.45) is 1.76. The summed E-state index contributed by atoms with van der Waals surface area (Å²) in [6.45, 7) is 0. The first-order valence-electron chi connectivity index (χ1n) is 1.79. The van der Waals surface area contributed by atoms with Crippen LogP contribution in [0.5, 0.6) is 0 Å². The van der Waals surface area contributed by atoms with Crippen molar-refractivity contribution in [3.63, 3.8) is 0 Å². The van der Waals surface area contributed by atoms with E-state index in [9.17, 15) is 0 Å². The molecule has 1 heterocycles. The maximum absolute atomic E-state index is 3.92. The molecule has 38 valence electrons. The first-order valence-corrected chi connectivity index (χ1v) is 3.25. The molecule has 0 aliphatic heterocycles. The van der Waals surface area contributed by atoms with Crippen LogP contribution in [0.1, 0.15) is 0 Å². The number of nitrogens with zero attached hydrogens (tertiary/aromatic N) is 1. The molecule has 0 bridgehead atoms. The van der Waals surface area contributed by atoms with Gasteiger partial charge in [0, 0.05) is 11.6 Å².